The number of aromatic nitrogens is 2. The minimum absolute atomic E-state index is 0.0318. The Balaban J connectivity index is 1.41. The summed E-state index contributed by atoms with van der Waals surface area (Å²) in [6.45, 7) is 0. The zero-order valence-electron chi connectivity index (χ0n) is 13.0. The number of nitrogens with zero attached hydrogens (tertiary/aromatic N) is 2. The van der Waals surface area contributed by atoms with Gasteiger partial charge in [-0.3, -0.25) is 4.79 Å². The van der Waals surface area contributed by atoms with E-state index in [1.165, 1.54) is 0 Å². The lowest BCUT2D eigenvalue weighted by Crippen LogP contribution is -2.61. The highest BCUT2D eigenvalue weighted by Gasteiger charge is 2.55. The van der Waals surface area contributed by atoms with Crippen molar-refractivity contribution in [3.8, 4) is 0 Å². The molecule has 5 nitrogen and oxygen atoms in total. The third kappa shape index (κ3) is 2.02. The highest BCUT2D eigenvalue weighted by Crippen LogP contribution is 2.55. The second kappa shape index (κ2) is 4.57. The van der Waals surface area contributed by atoms with Crippen molar-refractivity contribution in [2.24, 2.45) is 17.8 Å². The van der Waals surface area contributed by atoms with E-state index in [-0.39, 0.29) is 11.9 Å². The first-order valence-electron chi connectivity index (χ1n) is 8.57. The van der Waals surface area contributed by atoms with Crippen molar-refractivity contribution in [2.75, 3.05) is 0 Å². The van der Waals surface area contributed by atoms with Gasteiger partial charge in [-0.1, -0.05) is 6.07 Å². The van der Waals surface area contributed by atoms with Crippen LogP contribution in [0.2, 0.25) is 0 Å². The van der Waals surface area contributed by atoms with Gasteiger partial charge in [0, 0.05) is 12.2 Å². The van der Waals surface area contributed by atoms with Gasteiger partial charge in [-0.15, -0.1) is 0 Å². The first-order valence-corrected chi connectivity index (χ1v) is 8.57. The van der Waals surface area contributed by atoms with Crippen LogP contribution in [0, 0.1) is 17.8 Å². The maximum absolute atomic E-state index is 12.8. The quantitative estimate of drug-likeness (QED) is 0.891. The summed E-state index contributed by atoms with van der Waals surface area (Å²) < 4.78 is 1.73. The largest absolute Gasteiger partial charge is 0.390 e. The smallest absolute Gasteiger partial charge is 0.255 e. The lowest BCUT2D eigenvalue weighted by Gasteiger charge is -2.58. The molecule has 4 fully saturated rings. The molecule has 2 unspecified atom stereocenters. The number of fused-ring (bicyclic) bond motifs is 1. The molecule has 4 saturated carbocycles. The van der Waals surface area contributed by atoms with Crippen LogP contribution < -0.4 is 5.32 Å². The third-order valence-corrected chi connectivity index (χ3v) is 6.21. The lowest BCUT2D eigenvalue weighted by molar-refractivity contribution is -0.136. The number of aliphatic hydroxyl groups is 1. The molecule has 2 atom stereocenters. The van der Waals surface area contributed by atoms with Crippen LogP contribution in [0.5, 0.6) is 0 Å². The molecule has 4 aliphatic carbocycles. The summed E-state index contributed by atoms with van der Waals surface area (Å²) in [6, 6.07) is 5.95. The first-order chi connectivity index (χ1) is 11.1. The average molecular weight is 311 g/mol. The summed E-state index contributed by atoms with van der Waals surface area (Å²) in [5.74, 6) is 1.48. The maximum Gasteiger partial charge on any atom is 0.255 e. The molecule has 6 rings (SSSR count). The summed E-state index contributed by atoms with van der Waals surface area (Å²) in [4.78, 5) is 12.8. The van der Waals surface area contributed by atoms with E-state index < -0.39 is 5.60 Å². The van der Waals surface area contributed by atoms with Gasteiger partial charge in [-0.25, -0.2) is 4.52 Å². The highest BCUT2D eigenvalue weighted by atomic mass is 16.3. The molecular formula is C18H21N3O2. The van der Waals surface area contributed by atoms with Gasteiger partial charge < -0.3 is 10.4 Å². The van der Waals surface area contributed by atoms with Gasteiger partial charge in [0.25, 0.3) is 5.91 Å². The van der Waals surface area contributed by atoms with Crippen LogP contribution in [0.15, 0.2) is 30.6 Å². The van der Waals surface area contributed by atoms with E-state index in [4.69, 9.17) is 0 Å². The summed E-state index contributed by atoms with van der Waals surface area (Å²) in [7, 11) is 0. The topological polar surface area (TPSA) is 66.6 Å². The molecule has 2 N–H and O–H groups in total. The summed E-state index contributed by atoms with van der Waals surface area (Å²) >= 11 is 0. The molecule has 2 aromatic rings. The third-order valence-electron chi connectivity index (χ3n) is 6.21. The van der Waals surface area contributed by atoms with Crippen LogP contribution in [0.4, 0.5) is 0 Å². The molecule has 0 spiro atoms. The standard InChI is InChI=1S/C18H21N3O2/c22-17(14-10-19-21-4-2-1-3-15(14)21)20-16-12-5-11-6-13(16)9-18(23,7-11)8-12/h1-4,10-13,16,23H,5-9H2,(H,20,22). The normalized spacial score (nSPS) is 38.1. The van der Waals surface area contributed by atoms with Gasteiger partial charge in [-0.05, 0) is 62.0 Å². The van der Waals surface area contributed by atoms with Crippen LogP contribution in [-0.2, 0) is 0 Å². The van der Waals surface area contributed by atoms with Crippen molar-refractivity contribution in [3.05, 3.63) is 36.2 Å². The maximum atomic E-state index is 12.8. The Bertz CT molecular complexity index is 767. The number of hydrogen-bond donors (Lipinski definition) is 2. The van der Waals surface area contributed by atoms with Gasteiger partial charge in [0.2, 0.25) is 0 Å². The Labute approximate surface area is 134 Å². The minimum Gasteiger partial charge on any atom is -0.390 e. The van der Waals surface area contributed by atoms with Crippen molar-refractivity contribution in [1.29, 1.82) is 0 Å². The molecule has 2 heterocycles. The average Bonchev–Trinajstić information content (AvgIpc) is 2.93. The van der Waals surface area contributed by atoms with E-state index in [1.54, 1.807) is 10.7 Å². The van der Waals surface area contributed by atoms with E-state index >= 15 is 0 Å². The Morgan fingerprint density at radius 1 is 1.26 bits per heavy atom. The zero-order chi connectivity index (χ0) is 15.6. The molecule has 2 aromatic heterocycles. The molecule has 0 aliphatic heterocycles. The fraction of sp³-hybridized carbons (Fsp3) is 0.556. The molecule has 23 heavy (non-hydrogen) atoms. The van der Waals surface area contributed by atoms with Gasteiger partial charge in [0.15, 0.2) is 0 Å². The van der Waals surface area contributed by atoms with Crippen LogP contribution in [-0.4, -0.2) is 32.3 Å². The van der Waals surface area contributed by atoms with Crippen LogP contribution >= 0.6 is 0 Å². The van der Waals surface area contributed by atoms with E-state index in [1.807, 2.05) is 24.4 Å². The lowest BCUT2D eigenvalue weighted by atomic mass is 9.52. The van der Waals surface area contributed by atoms with E-state index in [0.29, 0.717) is 23.3 Å². The Morgan fingerprint density at radius 3 is 2.78 bits per heavy atom. The Morgan fingerprint density at radius 2 is 2.04 bits per heavy atom. The molecule has 5 heteroatoms. The van der Waals surface area contributed by atoms with Crippen LogP contribution in [0.25, 0.3) is 5.52 Å². The van der Waals surface area contributed by atoms with Gasteiger partial charge in [-0.2, -0.15) is 5.10 Å². The second-order valence-corrected chi connectivity index (χ2v) is 7.78. The Hall–Kier alpha value is -1.88. The van der Waals surface area contributed by atoms with Crippen molar-refractivity contribution in [3.63, 3.8) is 0 Å². The zero-order valence-corrected chi connectivity index (χ0v) is 13.0. The number of nitrogens with one attached hydrogen (secondary N) is 1. The van der Waals surface area contributed by atoms with E-state index in [9.17, 15) is 9.90 Å². The highest BCUT2D eigenvalue weighted by molar-refractivity contribution is 6.00. The summed E-state index contributed by atoms with van der Waals surface area (Å²) in [6.07, 6.45) is 8.46. The van der Waals surface area contributed by atoms with Crippen molar-refractivity contribution in [2.45, 2.75) is 43.7 Å². The molecule has 0 aromatic carbocycles. The summed E-state index contributed by atoms with van der Waals surface area (Å²) in [5, 5.41) is 18.2. The van der Waals surface area contributed by atoms with Gasteiger partial charge in [0.05, 0.1) is 22.9 Å². The number of pyridine rings is 1. The fourth-order valence-electron chi connectivity index (χ4n) is 5.56. The number of hydrogen-bond acceptors (Lipinski definition) is 3. The number of carbonyl (C=O) groups is 1. The Kier molecular flexibility index (Phi) is 2.69. The number of amides is 1. The SMILES string of the molecule is O=C(NC1C2CC3CC1CC(O)(C3)C2)c1cnn2ccccc12. The predicted octanol–water partition coefficient (Wildman–Crippen LogP) is 2.00. The predicted molar refractivity (Wildman–Crippen MR) is 85.0 cm³/mol. The van der Waals surface area contributed by atoms with Crippen LogP contribution in [0.3, 0.4) is 0 Å². The monoisotopic (exact) mass is 311 g/mol. The van der Waals surface area contributed by atoms with E-state index in [0.717, 1.165) is 37.6 Å². The number of rotatable bonds is 2. The summed E-state index contributed by atoms with van der Waals surface area (Å²) in [5.41, 5.74) is 1.02. The first kappa shape index (κ1) is 13.5. The molecule has 1 amide bonds. The second-order valence-electron chi connectivity index (χ2n) is 7.78. The minimum atomic E-state index is -0.456. The van der Waals surface area contributed by atoms with Crippen molar-refractivity contribution >= 4 is 11.4 Å². The fourth-order valence-corrected chi connectivity index (χ4v) is 5.56. The van der Waals surface area contributed by atoms with Gasteiger partial charge >= 0.3 is 0 Å². The molecule has 4 aliphatic rings. The van der Waals surface area contributed by atoms with Crippen molar-refractivity contribution in [1.82, 2.24) is 14.9 Å². The molecule has 4 bridgehead atoms. The molecular weight excluding hydrogens is 290 g/mol. The van der Waals surface area contributed by atoms with Gasteiger partial charge in [0.1, 0.15) is 0 Å². The molecule has 0 saturated heterocycles. The van der Waals surface area contributed by atoms with E-state index in [2.05, 4.69) is 10.4 Å². The van der Waals surface area contributed by atoms with Crippen LogP contribution in [0.1, 0.15) is 42.5 Å². The molecule has 0 radical (unpaired) electrons. The number of carbonyl (C=O) groups excluding carboxylic acids is 1. The van der Waals surface area contributed by atoms with Crippen molar-refractivity contribution < 1.29 is 9.90 Å². The molecule has 120 valence electrons.